The highest BCUT2D eigenvalue weighted by atomic mass is 15.3. The van der Waals surface area contributed by atoms with Gasteiger partial charge in [0.15, 0.2) is 5.65 Å². The smallest absolute Gasteiger partial charge is 0.161 e. The number of nitrogens with two attached hydrogens (primary N) is 1. The zero-order valence-electron chi connectivity index (χ0n) is 10.7. The Morgan fingerprint density at radius 3 is 3.00 bits per heavy atom. The Labute approximate surface area is 106 Å². The Hall–Kier alpha value is -1.53. The largest absolute Gasteiger partial charge is 0.328 e. The molecule has 0 aliphatic carbocycles. The molecule has 3 heterocycles. The van der Waals surface area contributed by atoms with E-state index in [9.17, 15) is 0 Å². The Kier molecular flexibility index (Phi) is 2.76. The summed E-state index contributed by atoms with van der Waals surface area (Å²) in [7, 11) is 4.00. The quantitative estimate of drug-likeness (QED) is 0.791. The number of hydrogen-bond acceptors (Lipinski definition) is 5. The van der Waals surface area contributed by atoms with Crippen LogP contribution >= 0.6 is 0 Å². The number of fused-ring (bicyclic) bond motifs is 1. The van der Waals surface area contributed by atoms with Crippen molar-refractivity contribution in [1.29, 1.82) is 0 Å². The van der Waals surface area contributed by atoms with Crippen LogP contribution < -0.4 is 5.73 Å². The normalized spacial score (nSPS) is 25.7. The van der Waals surface area contributed by atoms with Crippen molar-refractivity contribution in [2.24, 2.45) is 12.8 Å². The van der Waals surface area contributed by atoms with E-state index < -0.39 is 0 Å². The molecular weight excluding hydrogens is 228 g/mol. The topological polar surface area (TPSA) is 72.9 Å². The van der Waals surface area contributed by atoms with Crippen molar-refractivity contribution < 1.29 is 0 Å². The van der Waals surface area contributed by atoms with Crippen LogP contribution in [-0.2, 0) is 7.05 Å². The van der Waals surface area contributed by atoms with Crippen molar-refractivity contribution in [2.75, 3.05) is 13.6 Å². The van der Waals surface area contributed by atoms with Crippen molar-refractivity contribution in [3.8, 4) is 0 Å². The summed E-state index contributed by atoms with van der Waals surface area (Å²) in [6, 6.07) is 0.463. The average Bonchev–Trinajstić information content (AvgIpc) is 2.74. The van der Waals surface area contributed by atoms with Gasteiger partial charge in [-0.2, -0.15) is 5.10 Å². The maximum atomic E-state index is 6.05. The molecule has 18 heavy (non-hydrogen) atoms. The van der Waals surface area contributed by atoms with E-state index in [0.29, 0.717) is 0 Å². The summed E-state index contributed by atoms with van der Waals surface area (Å²) < 4.78 is 1.78. The van der Waals surface area contributed by atoms with E-state index in [1.165, 1.54) is 0 Å². The molecule has 2 aromatic rings. The fraction of sp³-hybridized carbons (Fsp3) is 0.583. The van der Waals surface area contributed by atoms with Gasteiger partial charge in [0, 0.05) is 25.8 Å². The van der Waals surface area contributed by atoms with Crippen LogP contribution in [0.5, 0.6) is 0 Å². The molecule has 3 rings (SSSR count). The maximum Gasteiger partial charge on any atom is 0.161 e. The molecule has 0 saturated carbocycles. The number of hydrogen-bond donors (Lipinski definition) is 1. The molecule has 96 valence electrons. The van der Waals surface area contributed by atoms with E-state index in [0.717, 1.165) is 36.2 Å². The van der Waals surface area contributed by atoms with E-state index in [4.69, 9.17) is 5.73 Å². The minimum atomic E-state index is 0.216. The summed E-state index contributed by atoms with van der Waals surface area (Å²) in [6.07, 6.45) is 5.59. The molecule has 1 saturated heterocycles. The van der Waals surface area contributed by atoms with Crippen LogP contribution in [0.25, 0.3) is 11.0 Å². The zero-order valence-corrected chi connectivity index (χ0v) is 10.7. The average molecular weight is 246 g/mol. The molecular formula is C12H18N6. The number of rotatable bonds is 1. The lowest BCUT2D eigenvalue weighted by atomic mass is 9.98. The lowest BCUT2D eigenvalue weighted by Gasteiger charge is -2.34. The second kappa shape index (κ2) is 4.29. The minimum Gasteiger partial charge on any atom is -0.328 e. The predicted molar refractivity (Wildman–Crippen MR) is 68.9 cm³/mol. The SMILES string of the molecule is CN1CCC(N)CC1c1ncc2cnn(C)c2n1. The van der Waals surface area contributed by atoms with Gasteiger partial charge in [-0.1, -0.05) is 0 Å². The number of piperidine rings is 1. The highest BCUT2D eigenvalue weighted by molar-refractivity contribution is 5.73. The Balaban J connectivity index is 1.99. The third-order valence-electron chi connectivity index (χ3n) is 3.70. The molecule has 1 fully saturated rings. The first-order valence-electron chi connectivity index (χ1n) is 6.25. The van der Waals surface area contributed by atoms with Gasteiger partial charge in [0.25, 0.3) is 0 Å². The van der Waals surface area contributed by atoms with Crippen LogP contribution in [0, 0.1) is 0 Å². The number of aryl methyl sites for hydroxylation is 1. The zero-order chi connectivity index (χ0) is 12.7. The molecule has 0 bridgehead atoms. The maximum absolute atomic E-state index is 6.05. The van der Waals surface area contributed by atoms with E-state index in [1.807, 2.05) is 13.2 Å². The van der Waals surface area contributed by atoms with Crippen LogP contribution in [0.1, 0.15) is 24.7 Å². The van der Waals surface area contributed by atoms with Gasteiger partial charge in [0.2, 0.25) is 0 Å². The minimum absolute atomic E-state index is 0.216. The van der Waals surface area contributed by atoms with Crippen LogP contribution in [0.3, 0.4) is 0 Å². The van der Waals surface area contributed by atoms with Crippen molar-refractivity contribution in [3.05, 3.63) is 18.2 Å². The molecule has 2 aromatic heterocycles. The predicted octanol–water partition coefficient (Wildman–Crippen LogP) is 0.457. The van der Waals surface area contributed by atoms with Crippen LogP contribution in [0.15, 0.2) is 12.4 Å². The lowest BCUT2D eigenvalue weighted by Crippen LogP contribution is -2.40. The summed E-state index contributed by atoms with van der Waals surface area (Å²) in [6.45, 7) is 0.999. The third kappa shape index (κ3) is 1.87. The molecule has 0 amide bonds. The number of nitrogens with zero attached hydrogens (tertiary/aromatic N) is 5. The molecule has 6 nitrogen and oxygen atoms in total. The number of likely N-dealkylation sites (tertiary alicyclic amines) is 1. The van der Waals surface area contributed by atoms with Gasteiger partial charge in [0.1, 0.15) is 5.82 Å². The van der Waals surface area contributed by atoms with Gasteiger partial charge < -0.3 is 5.73 Å². The molecule has 2 atom stereocenters. The van der Waals surface area contributed by atoms with Crippen LogP contribution in [0.4, 0.5) is 0 Å². The molecule has 1 aliphatic rings. The summed E-state index contributed by atoms with van der Waals surface area (Å²) in [5, 5.41) is 5.17. The first kappa shape index (κ1) is 11.6. The molecule has 6 heteroatoms. The van der Waals surface area contributed by atoms with Crippen molar-refractivity contribution in [2.45, 2.75) is 24.9 Å². The highest BCUT2D eigenvalue weighted by Gasteiger charge is 2.27. The molecule has 0 spiro atoms. The van der Waals surface area contributed by atoms with Gasteiger partial charge >= 0.3 is 0 Å². The highest BCUT2D eigenvalue weighted by Crippen LogP contribution is 2.27. The molecule has 2 N–H and O–H groups in total. The van der Waals surface area contributed by atoms with Gasteiger partial charge in [-0.3, -0.25) is 9.58 Å². The lowest BCUT2D eigenvalue weighted by molar-refractivity contribution is 0.164. The Bertz CT molecular complexity index is 563. The third-order valence-corrected chi connectivity index (χ3v) is 3.70. The number of aromatic nitrogens is 4. The second-order valence-corrected chi connectivity index (χ2v) is 5.06. The molecule has 1 aliphatic heterocycles. The monoisotopic (exact) mass is 246 g/mol. The van der Waals surface area contributed by atoms with Gasteiger partial charge in [-0.05, 0) is 19.9 Å². The van der Waals surface area contributed by atoms with Crippen molar-refractivity contribution >= 4 is 11.0 Å². The van der Waals surface area contributed by atoms with E-state index in [-0.39, 0.29) is 12.1 Å². The van der Waals surface area contributed by atoms with E-state index in [2.05, 4.69) is 27.0 Å². The van der Waals surface area contributed by atoms with Gasteiger partial charge in [0.05, 0.1) is 17.6 Å². The van der Waals surface area contributed by atoms with Crippen molar-refractivity contribution in [3.63, 3.8) is 0 Å². The summed E-state index contributed by atoms with van der Waals surface area (Å²) >= 11 is 0. The molecule has 0 radical (unpaired) electrons. The summed E-state index contributed by atoms with van der Waals surface area (Å²) in [4.78, 5) is 11.4. The van der Waals surface area contributed by atoms with E-state index >= 15 is 0 Å². The summed E-state index contributed by atoms with van der Waals surface area (Å²) in [5.41, 5.74) is 6.93. The Morgan fingerprint density at radius 1 is 1.33 bits per heavy atom. The van der Waals surface area contributed by atoms with Crippen LogP contribution in [-0.4, -0.2) is 44.3 Å². The molecule has 0 aromatic carbocycles. The van der Waals surface area contributed by atoms with E-state index in [1.54, 1.807) is 10.9 Å². The van der Waals surface area contributed by atoms with Gasteiger partial charge in [-0.15, -0.1) is 0 Å². The van der Waals surface area contributed by atoms with Gasteiger partial charge in [-0.25, -0.2) is 9.97 Å². The standard InChI is InChI=1S/C12H18N6/c1-17-4-3-9(13)5-10(17)11-14-6-8-7-15-18(2)12(8)16-11/h6-7,9-10H,3-5,13H2,1-2H3. The summed E-state index contributed by atoms with van der Waals surface area (Å²) in [5.74, 6) is 0.851. The first-order chi connectivity index (χ1) is 8.65. The Morgan fingerprint density at radius 2 is 2.17 bits per heavy atom. The van der Waals surface area contributed by atoms with Crippen LogP contribution in [0.2, 0.25) is 0 Å². The molecule has 2 unspecified atom stereocenters. The fourth-order valence-electron chi connectivity index (χ4n) is 2.52. The first-order valence-corrected chi connectivity index (χ1v) is 6.25. The van der Waals surface area contributed by atoms with Crippen molar-refractivity contribution in [1.82, 2.24) is 24.6 Å². The second-order valence-electron chi connectivity index (χ2n) is 5.06. The fourth-order valence-corrected chi connectivity index (χ4v) is 2.52.